The van der Waals surface area contributed by atoms with Crippen LogP contribution in [0.4, 0.5) is 15.8 Å². The molecule has 1 heterocycles. The maximum Gasteiger partial charge on any atom is 0.246 e. The number of halogens is 1. The lowest BCUT2D eigenvalue weighted by molar-refractivity contribution is -0.130. The van der Waals surface area contributed by atoms with Crippen molar-refractivity contribution in [1.82, 2.24) is 5.32 Å². The summed E-state index contributed by atoms with van der Waals surface area (Å²) < 4.78 is 13.0. The second-order valence-electron chi connectivity index (χ2n) is 3.53. The van der Waals surface area contributed by atoms with E-state index >= 15 is 0 Å². The summed E-state index contributed by atoms with van der Waals surface area (Å²) in [7, 11) is 0. The minimum Gasteiger partial charge on any atom is -0.397 e. The van der Waals surface area contributed by atoms with Crippen molar-refractivity contribution in [2.45, 2.75) is 0 Å². The molecule has 2 amide bonds. The van der Waals surface area contributed by atoms with Crippen molar-refractivity contribution >= 4 is 23.2 Å². The summed E-state index contributed by atoms with van der Waals surface area (Å²) in [6, 6.07) is 3.84. The molecule has 84 valence electrons. The molecule has 0 atom stereocenters. The van der Waals surface area contributed by atoms with Gasteiger partial charge in [-0.15, -0.1) is 0 Å². The lowest BCUT2D eigenvalue weighted by Gasteiger charge is -2.28. The van der Waals surface area contributed by atoms with Gasteiger partial charge in [-0.1, -0.05) is 0 Å². The monoisotopic (exact) mass is 223 g/mol. The molecule has 1 aliphatic heterocycles. The van der Waals surface area contributed by atoms with E-state index in [4.69, 9.17) is 5.73 Å². The van der Waals surface area contributed by atoms with Gasteiger partial charge < -0.3 is 10.6 Å². The highest BCUT2D eigenvalue weighted by atomic mass is 19.1. The van der Waals surface area contributed by atoms with Crippen LogP contribution in [0.3, 0.4) is 0 Å². The zero-order valence-electron chi connectivity index (χ0n) is 8.37. The Morgan fingerprint density at radius 2 is 1.88 bits per heavy atom. The Morgan fingerprint density at radius 3 is 2.50 bits per heavy atom. The molecule has 0 spiro atoms. The van der Waals surface area contributed by atoms with Crippen LogP contribution in [0.25, 0.3) is 0 Å². The minimum absolute atomic E-state index is 0.000602. The van der Waals surface area contributed by atoms with Gasteiger partial charge >= 0.3 is 0 Å². The quantitative estimate of drug-likeness (QED) is 0.513. The normalized spacial score (nSPS) is 16.2. The molecule has 0 aliphatic carbocycles. The molecule has 0 unspecified atom stereocenters. The molecule has 0 aromatic heterocycles. The predicted octanol–water partition coefficient (Wildman–Crippen LogP) is -0.129. The molecular formula is C10H10FN3O2. The van der Waals surface area contributed by atoms with Crippen molar-refractivity contribution in [2.24, 2.45) is 0 Å². The lowest BCUT2D eigenvalue weighted by Crippen LogP contribution is -2.51. The number of carbonyl (C=O) groups excluding carboxylic acids is 2. The molecule has 0 bridgehead atoms. The number of benzene rings is 1. The maximum atomic E-state index is 13.0. The molecule has 2 rings (SSSR count). The van der Waals surface area contributed by atoms with Crippen LogP contribution in [-0.4, -0.2) is 24.9 Å². The maximum absolute atomic E-state index is 13.0. The number of anilines is 2. The number of amides is 2. The van der Waals surface area contributed by atoms with Gasteiger partial charge in [-0.25, -0.2) is 4.39 Å². The van der Waals surface area contributed by atoms with E-state index in [2.05, 4.69) is 5.32 Å². The van der Waals surface area contributed by atoms with Crippen molar-refractivity contribution in [3.05, 3.63) is 24.0 Å². The number of nitrogens with two attached hydrogens (primary N) is 1. The molecule has 1 fully saturated rings. The molecule has 1 saturated heterocycles. The highest BCUT2D eigenvalue weighted by Crippen LogP contribution is 2.24. The second-order valence-corrected chi connectivity index (χ2v) is 3.53. The number of nitrogens with one attached hydrogen (secondary N) is 1. The van der Waals surface area contributed by atoms with E-state index in [9.17, 15) is 14.0 Å². The van der Waals surface area contributed by atoms with Crippen LogP contribution in [0.2, 0.25) is 0 Å². The van der Waals surface area contributed by atoms with Crippen molar-refractivity contribution in [3.8, 4) is 0 Å². The van der Waals surface area contributed by atoms with Crippen LogP contribution < -0.4 is 16.0 Å². The Bertz CT molecular complexity index is 445. The Balaban J connectivity index is 2.32. The van der Waals surface area contributed by atoms with E-state index in [0.29, 0.717) is 11.4 Å². The molecule has 16 heavy (non-hydrogen) atoms. The number of nitrogen functional groups attached to an aromatic ring is 1. The molecule has 0 saturated carbocycles. The predicted molar refractivity (Wildman–Crippen MR) is 56.2 cm³/mol. The molecule has 1 aliphatic rings. The van der Waals surface area contributed by atoms with Gasteiger partial charge in [-0.3, -0.25) is 14.9 Å². The average Bonchev–Trinajstić information content (AvgIpc) is 2.20. The van der Waals surface area contributed by atoms with Crippen molar-refractivity contribution in [1.29, 1.82) is 0 Å². The summed E-state index contributed by atoms with van der Waals surface area (Å²) in [6.45, 7) is -0.00120. The number of piperazine rings is 1. The Labute approximate surface area is 91.0 Å². The van der Waals surface area contributed by atoms with E-state index in [0.717, 1.165) is 0 Å². The Kier molecular flexibility index (Phi) is 2.47. The number of carbonyl (C=O) groups is 2. The minimum atomic E-state index is -0.456. The second kappa shape index (κ2) is 3.80. The number of nitrogens with zero attached hydrogens (tertiary/aromatic N) is 1. The van der Waals surface area contributed by atoms with E-state index in [-0.39, 0.29) is 13.1 Å². The molecule has 1 aromatic rings. The molecule has 0 radical (unpaired) electrons. The fraction of sp³-hybridized carbons (Fsp3) is 0.200. The molecule has 5 nitrogen and oxygen atoms in total. The standard InChI is InChI=1S/C10H10FN3O2/c11-6-1-2-7(12)8(3-6)14-4-9(15)13-10(16)5-14/h1-3H,4-5,12H2,(H,13,15,16). The number of hydrogen-bond acceptors (Lipinski definition) is 4. The zero-order chi connectivity index (χ0) is 11.7. The van der Waals surface area contributed by atoms with Crippen LogP contribution >= 0.6 is 0 Å². The van der Waals surface area contributed by atoms with Crippen molar-refractivity contribution in [3.63, 3.8) is 0 Å². The summed E-state index contributed by atoms with van der Waals surface area (Å²) >= 11 is 0. The van der Waals surface area contributed by atoms with Crippen LogP contribution in [-0.2, 0) is 9.59 Å². The van der Waals surface area contributed by atoms with Gasteiger partial charge in [0.05, 0.1) is 24.5 Å². The summed E-state index contributed by atoms with van der Waals surface area (Å²) in [4.78, 5) is 23.7. The third-order valence-corrected chi connectivity index (χ3v) is 2.28. The van der Waals surface area contributed by atoms with Crippen molar-refractivity contribution < 1.29 is 14.0 Å². The fourth-order valence-corrected chi connectivity index (χ4v) is 1.60. The van der Waals surface area contributed by atoms with Crippen molar-refractivity contribution in [2.75, 3.05) is 23.7 Å². The molecular weight excluding hydrogens is 213 g/mol. The van der Waals surface area contributed by atoms with E-state index in [1.807, 2.05) is 0 Å². The van der Waals surface area contributed by atoms with Crippen LogP contribution in [0, 0.1) is 5.82 Å². The first kappa shape index (κ1) is 10.4. The van der Waals surface area contributed by atoms with Crippen LogP contribution in [0.5, 0.6) is 0 Å². The smallest absolute Gasteiger partial charge is 0.246 e. The first-order valence-electron chi connectivity index (χ1n) is 4.69. The third kappa shape index (κ3) is 1.95. The van der Waals surface area contributed by atoms with E-state index in [1.54, 1.807) is 0 Å². The van der Waals surface area contributed by atoms with E-state index in [1.165, 1.54) is 23.1 Å². The van der Waals surface area contributed by atoms with Gasteiger partial charge in [0, 0.05) is 0 Å². The highest BCUT2D eigenvalue weighted by Gasteiger charge is 2.24. The van der Waals surface area contributed by atoms with Gasteiger partial charge in [0.1, 0.15) is 5.82 Å². The first-order valence-corrected chi connectivity index (χ1v) is 4.69. The molecule has 6 heteroatoms. The summed E-state index contributed by atoms with van der Waals surface area (Å²) in [6.07, 6.45) is 0. The molecule has 1 aromatic carbocycles. The Hall–Kier alpha value is -2.11. The summed E-state index contributed by atoms with van der Waals surface area (Å²) in [5, 5.41) is 2.16. The number of rotatable bonds is 1. The van der Waals surface area contributed by atoms with Gasteiger partial charge in [0.2, 0.25) is 11.8 Å². The van der Waals surface area contributed by atoms with Crippen LogP contribution in [0.1, 0.15) is 0 Å². The zero-order valence-corrected chi connectivity index (χ0v) is 8.37. The topological polar surface area (TPSA) is 75.4 Å². The lowest BCUT2D eigenvalue weighted by atomic mass is 10.2. The number of imide groups is 1. The Morgan fingerprint density at radius 1 is 1.25 bits per heavy atom. The largest absolute Gasteiger partial charge is 0.397 e. The number of hydrogen-bond donors (Lipinski definition) is 2. The van der Waals surface area contributed by atoms with Crippen LogP contribution in [0.15, 0.2) is 18.2 Å². The highest BCUT2D eigenvalue weighted by molar-refractivity contribution is 6.03. The third-order valence-electron chi connectivity index (χ3n) is 2.28. The average molecular weight is 223 g/mol. The van der Waals surface area contributed by atoms with Gasteiger partial charge in [0.15, 0.2) is 0 Å². The van der Waals surface area contributed by atoms with Gasteiger partial charge in [-0.2, -0.15) is 0 Å². The SMILES string of the molecule is Nc1ccc(F)cc1N1CC(=O)NC(=O)C1. The van der Waals surface area contributed by atoms with Gasteiger partial charge in [0.25, 0.3) is 0 Å². The summed E-state index contributed by atoms with van der Waals surface area (Å²) in [5.74, 6) is -1.29. The summed E-state index contributed by atoms with van der Waals surface area (Å²) in [5.41, 5.74) is 6.36. The molecule has 3 N–H and O–H groups in total. The van der Waals surface area contributed by atoms with Gasteiger partial charge in [-0.05, 0) is 18.2 Å². The first-order chi connectivity index (χ1) is 7.56. The fourth-order valence-electron chi connectivity index (χ4n) is 1.60. The van der Waals surface area contributed by atoms with E-state index < -0.39 is 17.6 Å².